The third-order valence-electron chi connectivity index (χ3n) is 2.28. The first kappa shape index (κ1) is 14.9. The van der Waals surface area contributed by atoms with Gasteiger partial charge in [-0.05, 0) is 18.2 Å². The number of carbonyl (C=O) groups is 1. The van der Waals surface area contributed by atoms with Crippen molar-refractivity contribution in [3.63, 3.8) is 0 Å². The maximum Gasteiger partial charge on any atom is 0.416 e. The van der Waals surface area contributed by atoms with E-state index in [1.165, 1.54) is 35.7 Å². The molecule has 0 aliphatic carbocycles. The van der Waals surface area contributed by atoms with Crippen LogP contribution in [0.3, 0.4) is 0 Å². The highest BCUT2D eigenvalue weighted by molar-refractivity contribution is 8.33. The number of rotatable bonds is 2. The standard InChI is InChI=1S/C11H10F3NOS3/c12-11(13,14)7-2-1-3-8(4-7)15-9(16)10-18-5-17-6-19-10/h1-4,10H,5-6H2,(H,15,16). The molecule has 1 fully saturated rings. The molecule has 104 valence electrons. The first-order chi connectivity index (χ1) is 8.97. The normalized spacial score (nSPS) is 17.2. The summed E-state index contributed by atoms with van der Waals surface area (Å²) in [6.07, 6.45) is -4.40. The molecule has 19 heavy (non-hydrogen) atoms. The molecule has 1 aromatic rings. The Morgan fingerprint density at radius 2 is 1.95 bits per heavy atom. The van der Waals surface area contributed by atoms with Crippen molar-refractivity contribution in [1.29, 1.82) is 0 Å². The fourth-order valence-electron chi connectivity index (χ4n) is 1.43. The lowest BCUT2D eigenvalue weighted by Gasteiger charge is -2.20. The Morgan fingerprint density at radius 1 is 1.26 bits per heavy atom. The number of anilines is 1. The molecule has 2 nitrogen and oxygen atoms in total. The summed E-state index contributed by atoms with van der Waals surface area (Å²) in [5.74, 6) is -0.255. The highest BCUT2D eigenvalue weighted by Gasteiger charge is 2.31. The molecule has 0 atom stereocenters. The summed E-state index contributed by atoms with van der Waals surface area (Å²) >= 11 is 4.71. The largest absolute Gasteiger partial charge is 0.416 e. The molecule has 1 amide bonds. The molecule has 0 spiro atoms. The van der Waals surface area contributed by atoms with E-state index in [9.17, 15) is 18.0 Å². The Kier molecular flexibility index (Phi) is 4.97. The predicted octanol–water partition coefficient (Wildman–Crippen LogP) is 4.10. The Labute approximate surface area is 121 Å². The number of carbonyl (C=O) groups excluding carboxylic acids is 1. The molecule has 1 aliphatic rings. The summed E-state index contributed by atoms with van der Waals surface area (Å²) < 4.78 is 37.4. The minimum atomic E-state index is -4.40. The number of amides is 1. The lowest BCUT2D eigenvalue weighted by Crippen LogP contribution is -2.24. The lowest BCUT2D eigenvalue weighted by atomic mass is 10.2. The van der Waals surface area contributed by atoms with Crippen LogP contribution in [0.2, 0.25) is 0 Å². The second kappa shape index (κ2) is 6.32. The van der Waals surface area contributed by atoms with Crippen molar-refractivity contribution in [2.24, 2.45) is 0 Å². The Balaban J connectivity index is 2.04. The molecule has 2 rings (SSSR count). The summed E-state index contributed by atoms with van der Waals surface area (Å²) in [6, 6.07) is 4.68. The summed E-state index contributed by atoms with van der Waals surface area (Å²) in [5, 5.41) is 4.19. The average Bonchev–Trinajstić information content (AvgIpc) is 2.39. The molecule has 0 bridgehead atoms. The number of halogens is 3. The van der Waals surface area contributed by atoms with Crippen LogP contribution in [0.15, 0.2) is 24.3 Å². The van der Waals surface area contributed by atoms with Crippen molar-refractivity contribution in [3.8, 4) is 0 Å². The van der Waals surface area contributed by atoms with Gasteiger partial charge < -0.3 is 5.32 Å². The van der Waals surface area contributed by atoms with Gasteiger partial charge in [0.2, 0.25) is 5.91 Å². The smallest absolute Gasteiger partial charge is 0.324 e. The Bertz CT molecular complexity index is 461. The summed E-state index contributed by atoms with van der Waals surface area (Å²) in [4.78, 5) is 11.9. The number of nitrogens with one attached hydrogen (secondary N) is 1. The quantitative estimate of drug-likeness (QED) is 0.886. The van der Waals surface area contributed by atoms with Crippen molar-refractivity contribution < 1.29 is 18.0 Å². The van der Waals surface area contributed by atoms with Gasteiger partial charge in [-0.15, -0.1) is 35.3 Å². The molecule has 0 radical (unpaired) electrons. The summed E-state index contributed by atoms with van der Waals surface area (Å²) in [5.41, 5.74) is -0.580. The zero-order chi connectivity index (χ0) is 13.9. The second-order valence-electron chi connectivity index (χ2n) is 3.67. The molecule has 1 N–H and O–H groups in total. The van der Waals surface area contributed by atoms with Crippen LogP contribution in [0.5, 0.6) is 0 Å². The molecule has 1 heterocycles. The predicted molar refractivity (Wildman–Crippen MR) is 76.4 cm³/mol. The van der Waals surface area contributed by atoms with Gasteiger partial charge >= 0.3 is 6.18 Å². The fourth-order valence-corrected chi connectivity index (χ4v) is 5.88. The maximum atomic E-state index is 12.5. The SMILES string of the molecule is O=C(Nc1cccc(C(F)(F)F)c1)C1SCSCS1. The van der Waals surface area contributed by atoms with Crippen LogP contribution in [-0.4, -0.2) is 20.7 Å². The Morgan fingerprint density at radius 3 is 2.58 bits per heavy atom. The molecule has 1 saturated heterocycles. The number of alkyl halides is 3. The fraction of sp³-hybridized carbons (Fsp3) is 0.364. The zero-order valence-electron chi connectivity index (χ0n) is 9.57. The minimum absolute atomic E-state index is 0.180. The minimum Gasteiger partial charge on any atom is -0.324 e. The van der Waals surface area contributed by atoms with E-state index in [0.717, 1.165) is 22.3 Å². The lowest BCUT2D eigenvalue weighted by molar-refractivity contribution is -0.137. The van der Waals surface area contributed by atoms with E-state index in [-0.39, 0.29) is 16.2 Å². The molecule has 0 saturated carbocycles. The van der Waals surface area contributed by atoms with E-state index in [1.54, 1.807) is 11.8 Å². The van der Waals surface area contributed by atoms with E-state index >= 15 is 0 Å². The van der Waals surface area contributed by atoms with E-state index in [1.807, 2.05) is 0 Å². The third-order valence-corrected chi connectivity index (χ3v) is 6.55. The van der Waals surface area contributed by atoms with Crippen LogP contribution < -0.4 is 5.32 Å². The number of thioether (sulfide) groups is 3. The van der Waals surface area contributed by atoms with Crippen molar-refractivity contribution >= 4 is 46.9 Å². The van der Waals surface area contributed by atoms with Gasteiger partial charge in [0.15, 0.2) is 0 Å². The highest BCUT2D eigenvalue weighted by Crippen LogP contribution is 2.36. The number of hydrogen-bond acceptors (Lipinski definition) is 4. The first-order valence-corrected chi connectivity index (χ1v) is 8.51. The van der Waals surface area contributed by atoms with Gasteiger partial charge in [0.25, 0.3) is 0 Å². The van der Waals surface area contributed by atoms with Gasteiger partial charge in [0.1, 0.15) is 4.58 Å². The van der Waals surface area contributed by atoms with Gasteiger partial charge in [0.05, 0.1) is 5.56 Å². The zero-order valence-corrected chi connectivity index (χ0v) is 12.0. The van der Waals surface area contributed by atoms with Crippen molar-refractivity contribution in [2.75, 3.05) is 15.5 Å². The average molecular weight is 325 g/mol. The van der Waals surface area contributed by atoms with Gasteiger partial charge in [-0.1, -0.05) is 6.07 Å². The van der Waals surface area contributed by atoms with E-state index < -0.39 is 11.7 Å². The van der Waals surface area contributed by atoms with Crippen molar-refractivity contribution in [3.05, 3.63) is 29.8 Å². The summed E-state index contributed by atoms with van der Waals surface area (Å²) in [6.45, 7) is 0. The molecule has 1 aromatic carbocycles. The molecule has 0 aromatic heterocycles. The van der Waals surface area contributed by atoms with E-state index in [4.69, 9.17) is 0 Å². The van der Waals surface area contributed by atoms with Gasteiger partial charge in [-0.2, -0.15) is 13.2 Å². The first-order valence-electron chi connectivity index (χ1n) is 5.26. The molecular formula is C11H10F3NOS3. The summed E-state index contributed by atoms with van der Waals surface area (Å²) in [7, 11) is 0. The van der Waals surface area contributed by atoms with Crippen LogP contribution in [0.4, 0.5) is 18.9 Å². The van der Waals surface area contributed by atoms with Crippen LogP contribution in [0.25, 0.3) is 0 Å². The third kappa shape index (κ3) is 4.25. The topological polar surface area (TPSA) is 29.1 Å². The Hall–Kier alpha value is -0.470. The van der Waals surface area contributed by atoms with Crippen LogP contribution in [0, 0.1) is 0 Å². The van der Waals surface area contributed by atoms with Gasteiger partial charge in [-0.3, -0.25) is 4.79 Å². The van der Waals surface area contributed by atoms with Gasteiger partial charge in [0, 0.05) is 15.9 Å². The monoisotopic (exact) mass is 325 g/mol. The van der Waals surface area contributed by atoms with Gasteiger partial charge in [-0.25, -0.2) is 0 Å². The van der Waals surface area contributed by atoms with E-state index in [2.05, 4.69) is 5.32 Å². The van der Waals surface area contributed by atoms with Crippen LogP contribution >= 0.6 is 35.3 Å². The molecule has 0 unspecified atom stereocenters. The molecular weight excluding hydrogens is 315 g/mol. The van der Waals surface area contributed by atoms with Crippen molar-refractivity contribution in [2.45, 2.75) is 10.8 Å². The molecule has 1 aliphatic heterocycles. The molecule has 8 heteroatoms. The van der Waals surface area contributed by atoms with E-state index in [0.29, 0.717) is 0 Å². The van der Waals surface area contributed by atoms with Crippen LogP contribution in [0.1, 0.15) is 5.56 Å². The van der Waals surface area contributed by atoms with Crippen molar-refractivity contribution in [1.82, 2.24) is 0 Å². The second-order valence-corrected chi connectivity index (χ2v) is 7.87. The maximum absolute atomic E-state index is 12.5. The highest BCUT2D eigenvalue weighted by atomic mass is 32.3. The number of hydrogen-bond donors (Lipinski definition) is 1. The van der Waals surface area contributed by atoms with Crippen LogP contribution in [-0.2, 0) is 11.0 Å². The number of benzene rings is 1.